The fourth-order valence-electron chi connectivity index (χ4n) is 4.65. The molecule has 0 radical (unpaired) electrons. The Kier molecular flexibility index (Phi) is 6.76. The third-order valence-electron chi connectivity index (χ3n) is 6.53. The van der Waals surface area contributed by atoms with Gasteiger partial charge in [0.1, 0.15) is 0 Å². The molecule has 36 heavy (non-hydrogen) atoms. The molecule has 1 aliphatic rings. The average Bonchev–Trinajstić information content (AvgIpc) is 3.09. The Morgan fingerprint density at radius 3 is 2.28 bits per heavy atom. The van der Waals surface area contributed by atoms with Crippen molar-refractivity contribution in [2.24, 2.45) is 0 Å². The first kappa shape index (κ1) is 23.3. The van der Waals surface area contributed by atoms with Crippen molar-refractivity contribution in [3.05, 3.63) is 131 Å². The van der Waals surface area contributed by atoms with E-state index in [-0.39, 0.29) is 11.8 Å². The molecule has 0 saturated heterocycles. The van der Waals surface area contributed by atoms with Crippen LogP contribution in [0, 0.1) is 6.92 Å². The molecule has 4 heteroatoms. The van der Waals surface area contributed by atoms with Crippen molar-refractivity contribution >= 4 is 34.8 Å². The highest BCUT2D eigenvalue weighted by Gasteiger charge is 2.24. The Hall–Kier alpha value is -4.44. The highest BCUT2D eigenvalue weighted by molar-refractivity contribution is 6.09. The van der Waals surface area contributed by atoms with Crippen LogP contribution in [0.5, 0.6) is 0 Å². The van der Waals surface area contributed by atoms with Crippen molar-refractivity contribution in [2.45, 2.75) is 19.8 Å². The predicted octanol–water partition coefficient (Wildman–Crippen LogP) is 7.23. The smallest absolute Gasteiger partial charge is 0.258 e. The van der Waals surface area contributed by atoms with Gasteiger partial charge in [0.2, 0.25) is 0 Å². The van der Waals surface area contributed by atoms with E-state index in [9.17, 15) is 9.59 Å². The molecule has 0 unspecified atom stereocenters. The number of rotatable bonds is 4. The fourth-order valence-corrected chi connectivity index (χ4v) is 4.65. The van der Waals surface area contributed by atoms with E-state index in [4.69, 9.17) is 0 Å². The summed E-state index contributed by atoms with van der Waals surface area (Å²) in [6.07, 6.45) is 4.00. The molecule has 178 valence electrons. The molecule has 5 rings (SSSR count). The van der Waals surface area contributed by atoms with E-state index in [1.807, 2.05) is 66.4 Å². The molecule has 0 atom stereocenters. The van der Waals surface area contributed by atoms with Gasteiger partial charge in [0, 0.05) is 28.9 Å². The predicted molar refractivity (Wildman–Crippen MR) is 147 cm³/mol. The van der Waals surface area contributed by atoms with Gasteiger partial charge in [-0.2, -0.15) is 0 Å². The third kappa shape index (κ3) is 4.98. The van der Waals surface area contributed by atoms with Crippen molar-refractivity contribution < 1.29 is 9.59 Å². The number of anilines is 2. The van der Waals surface area contributed by atoms with Crippen LogP contribution in [0.2, 0.25) is 0 Å². The lowest BCUT2D eigenvalue weighted by molar-refractivity contribution is 0.0985. The van der Waals surface area contributed by atoms with Gasteiger partial charge in [-0.3, -0.25) is 9.59 Å². The maximum Gasteiger partial charge on any atom is 0.258 e. The summed E-state index contributed by atoms with van der Waals surface area (Å²) in [4.78, 5) is 28.1. The summed E-state index contributed by atoms with van der Waals surface area (Å²) in [5.41, 5.74) is 7.22. The van der Waals surface area contributed by atoms with Gasteiger partial charge in [-0.1, -0.05) is 72.8 Å². The molecule has 0 bridgehead atoms. The van der Waals surface area contributed by atoms with E-state index in [1.54, 1.807) is 30.3 Å². The number of aryl methyl sites for hydroxylation is 1. The number of para-hydroxylation sites is 1. The summed E-state index contributed by atoms with van der Waals surface area (Å²) in [6, 6.07) is 33.0. The summed E-state index contributed by atoms with van der Waals surface area (Å²) >= 11 is 0. The molecule has 1 aliphatic heterocycles. The zero-order chi connectivity index (χ0) is 24.9. The van der Waals surface area contributed by atoms with Crippen LogP contribution in [0.3, 0.4) is 0 Å². The maximum absolute atomic E-state index is 13.6. The molecule has 4 aromatic carbocycles. The van der Waals surface area contributed by atoms with Gasteiger partial charge in [0.25, 0.3) is 11.8 Å². The minimum Gasteiger partial charge on any atom is -0.322 e. The van der Waals surface area contributed by atoms with Crippen LogP contribution in [0.1, 0.15) is 50.2 Å². The maximum atomic E-state index is 13.6. The lowest BCUT2D eigenvalue weighted by Crippen LogP contribution is -2.31. The van der Waals surface area contributed by atoms with Gasteiger partial charge in [-0.05, 0) is 72.9 Å². The Balaban J connectivity index is 1.38. The van der Waals surface area contributed by atoms with Crippen molar-refractivity contribution in [1.29, 1.82) is 0 Å². The molecule has 0 fully saturated rings. The number of hydrogen-bond donors (Lipinski definition) is 1. The first-order valence-corrected chi connectivity index (χ1v) is 12.2. The Morgan fingerprint density at radius 2 is 1.50 bits per heavy atom. The highest BCUT2D eigenvalue weighted by Crippen LogP contribution is 2.35. The molecular formula is C32H28N2O2. The van der Waals surface area contributed by atoms with Crippen LogP contribution in [0.25, 0.3) is 11.6 Å². The fraction of sp³-hybridized carbons (Fsp3) is 0.125. The van der Waals surface area contributed by atoms with E-state index >= 15 is 0 Å². The minimum atomic E-state index is -0.161. The summed E-state index contributed by atoms with van der Waals surface area (Å²) in [7, 11) is 0. The van der Waals surface area contributed by atoms with Gasteiger partial charge in [0.05, 0.1) is 5.69 Å². The van der Waals surface area contributed by atoms with Gasteiger partial charge in [-0.25, -0.2) is 0 Å². The molecule has 0 spiro atoms. The number of benzene rings is 4. The van der Waals surface area contributed by atoms with E-state index in [0.29, 0.717) is 23.4 Å². The van der Waals surface area contributed by atoms with Crippen LogP contribution in [0.4, 0.5) is 11.4 Å². The normalized spacial score (nSPS) is 14.1. The molecule has 4 nitrogen and oxygen atoms in total. The quantitative estimate of drug-likeness (QED) is 0.341. The van der Waals surface area contributed by atoms with Crippen LogP contribution < -0.4 is 10.2 Å². The molecule has 4 aromatic rings. The Bertz CT molecular complexity index is 1420. The zero-order valence-corrected chi connectivity index (χ0v) is 20.3. The largest absolute Gasteiger partial charge is 0.322 e. The molecule has 1 heterocycles. The minimum absolute atomic E-state index is 0.0415. The van der Waals surface area contributed by atoms with E-state index in [1.165, 1.54) is 5.57 Å². The molecule has 1 N–H and O–H groups in total. The first-order chi connectivity index (χ1) is 17.6. The van der Waals surface area contributed by atoms with Crippen molar-refractivity contribution in [1.82, 2.24) is 0 Å². The second-order valence-corrected chi connectivity index (χ2v) is 9.00. The van der Waals surface area contributed by atoms with Crippen LogP contribution >= 0.6 is 0 Å². The molecule has 0 aromatic heterocycles. The lowest BCUT2D eigenvalue weighted by Gasteiger charge is -2.23. The number of nitrogens with one attached hydrogen (secondary N) is 1. The molecular weight excluding hydrogens is 444 g/mol. The zero-order valence-electron chi connectivity index (χ0n) is 20.3. The van der Waals surface area contributed by atoms with Crippen molar-refractivity contribution in [3.63, 3.8) is 0 Å². The standard InChI is InChI=1S/C32H28N2O2/c1-23-10-5-6-14-28(23)31(35)33-27-19-17-25(18-20-27)32(36)34-21-9-13-26(22-24-11-3-2-4-12-24)29-15-7-8-16-30(29)34/h2-8,10-12,14-20,22H,9,13,21H2,1H3,(H,33,35)/b26-22+. The summed E-state index contributed by atoms with van der Waals surface area (Å²) < 4.78 is 0. The van der Waals surface area contributed by atoms with E-state index in [2.05, 4.69) is 29.6 Å². The number of nitrogens with zero attached hydrogens (tertiary/aromatic N) is 1. The number of carbonyl (C=O) groups excluding carboxylic acids is 2. The SMILES string of the molecule is Cc1ccccc1C(=O)Nc1ccc(C(=O)N2CCC/C(=C\c3ccccc3)c3ccccc32)cc1. The number of fused-ring (bicyclic) bond motifs is 1. The monoisotopic (exact) mass is 472 g/mol. The number of amides is 2. The van der Waals surface area contributed by atoms with Crippen LogP contribution in [-0.2, 0) is 0 Å². The number of carbonyl (C=O) groups is 2. The topological polar surface area (TPSA) is 49.4 Å². The summed E-state index contributed by atoms with van der Waals surface area (Å²) in [5, 5.41) is 2.93. The third-order valence-corrected chi connectivity index (χ3v) is 6.53. The molecule has 0 aliphatic carbocycles. The Morgan fingerprint density at radius 1 is 0.806 bits per heavy atom. The summed E-state index contributed by atoms with van der Waals surface area (Å²) in [6.45, 7) is 2.56. The number of allylic oxidation sites excluding steroid dienone is 1. The van der Waals surface area contributed by atoms with Crippen molar-refractivity contribution in [2.75, 3.05) is 16.8 Å². The van der Waals surface area contributed by atoms with Gasteiger partial charge in [-0.15, -0.1) is 0 Å². The van der Waals surface area contributed by atoms with Crippen LogP contribution in [0.15, 0.2) is 103 Å². The van der Waals surface area contributed by atoms with Crippen LogP contribution in [-0.4, -0.2) is 18.4 Å². The van der Waals surface area contributed by atoms with E-state index < -0.39 is 0 Å². The Labute approximate surface area is 211 Å². The first-order valence-electron chi connectivity index (χ1n) is 12.2. The molecule has 0 saturated carbocycles. The highest BCUT2D eigenvalue weighted by atomic mass is 16.2. The van der Waals surface area contributed by atoms with Gasteiger partial charge in [0.15, 0.2) is 0 Å². The van der Waals surface area contributed by atoms with E-state index in [0.717, 1.165) is 35.2 Å². The van der Waals surface area contributed by atoms with Gasteiger partial charge < -0.3 is 10.2 Å². The second kappa shape index (κ2) is 10.4. The molecule has 2 amide bonds. The average molecular weight is 473 g/mol. The summed E-state index contributed by atoms with van der Waals surface area (Å²) in [5.74, 6) is -0.202. The van der Waals surface area contributed by atoms with Gasteiger partial charge >= 0.3 is 0 Å². The second-order valence-electron chi connectivity index (χ2n) is 9.00. The number of hydrogen-bond acceptors (Lipinski definition) is 2. The van der Waals surface area contributed by atoms with Crippen molar-refractivity contribution in [3.8, 4) is 0 Å². The lowest BCUT2D eigenvalue weighted by atomic mass is 9.98.